The van der Waals surface area contributed by atoms with Crippen LogP contribution in [0.25, 0.3) is 11.8 Å². The maximum atomic E-state index is 13.1. The van der Waals surface area contributed by atoms with Crippen molar-refractivity contribution in [2.75, 3.05) is 7.11 Å². The summed E-state index contributed by atoms with van der Waals surface area (Å²) in [5, 5.41) is 4.70. The lowest BCUT2D eigenvalue weighted by atomic mass is 10.1. The highest BCUT2D eigenvalue weighted by Crippen LogP contribution is 2.28. The molecule has 3 rings (SSSR count). The molecule has 2 aromatic rings. The number of allylic oxidation sites excluding steroid dienone is 1. The zero-order valence-electron chi connectivity index (χ0n) is 13.8. The number of nitrogens with zero attached hydrogens (tertiary/aromatic N) is 2. The van der Waals surface area contributed by atoms with Gasteiger partial charge in [0.2, 0.25) is 0 Å². The first kappa shape index (κ1) is 16.4. The summed E-state index contributed by atoms with van der Waals surface area (Å²) >= 11 is 0. The molecule has 0 saturated carbocycles. The molecule has 0 aliphatic heterocycles. The van der Waals surface area contributed by atoms with Crippen LogP contribution >= 0.6 is 0 Å². The molecule has 126 valence electrons. The van der Waals surface area contributed by atoms with Gasteiger partial charge in [0.25, 0.3) is 0 Å². The van der Waals surface area contributed by atoms with Crippen molar-refractivity contribution in [2.24, 2.45) is 0 Å². The fraction of sp³-hybridized carbons (Fsp3) is 0.368. The van der Waals surface area contributed by atoms with Crippen molar-refractivity contribution in [3.8, 4) is 5.69 Å². The molecular formula is C19H21FN2O2. The molecule has 1 heterocycles. The lowest BCUT2D eigenvalue weighted by Gasteiger charge is -2.04. The number of aromatic nitrogens is 2. The molecule has 1 aliphatic carbocycles. The summed E-state index contributed by atoms with van der Waals surface area (Å²) in [6.45, 7) is 0. The summed E-state index contributed by atoms with van der Waals surface area (Å²) in [4.78, 5) is 11.1. The number of benzene rings is 1. The quantitative estimate of drug-likeness (QED) is 0.597. The first-order valence-electron chi connectivity index (χ1n) is 8.29. The van der Waals surface area contributed by atoms with E-state index in [1.807, 2.05) is 10.8 Å². The molecule has 4 nitrogen and oxygen atoms in total. The number of carbonyl (C=O) groups excluding carboxylic acids is 1. The van der Waals surface area contributed by atoms with Gasteiger partial charge in [-0.05, 0) is 62.4 Å². The molecule has 0 N–H and O–H groups in total. The van der Waals surface area contributed by atoms with Crippen LogP contribution in [0.4, 0.5) is 4.39 Å². The maximum Gasteiger partial charge on any atom is 0.305 e. The van der Waals surface area contributed by atoms with Gasteiger partial charge in [-0.25, -0.2) is 9.07 Å². The Labute approximate surface area is 140 Å². The van der Waals surface area contributed by atoms with Crippen molar-refractivity contribution < 1.29 is 13.9 Å². The highest BCUT2D eigenvalue weighted by molar-refractivity contribution is 5.69. The first-order valence-corrected chi connectivity index (χ1v) is 8.29. The Kier molecular flexibility index (Phi) is 5.08. The van der Waals surface area contributed by atoms with Crippen molar-refractivity contribution in [2.45, 2.75) is 38.5 Å². The number of methoxy groups -OCH3 is 1. The van der Waals surface area contributed by atoms with Gasteiger partial charge in [0.05, 0.1) is 18.5 Å². The minimum absolute atomic E-state index is 0.176. The fourth-order valence-electron chi connectivity index (χ4n) is 3.06. The summed E-state index contributed by atoms with van der Waals surface area (Å²) in [7, 11) is 1.41. The van der Waals surface area contributed by atoms with Crippen molar-refractivity contribution >= 4 is 12.0 Å². The van der Waals surface area contributed by atoms with E-state index >= 15 is 0 Å². The second-order valence-electron chi connectivity index (χ2n) is 5.92. The van der Waals surface area contributed by atoms with Crippen LogP contribution in [0.1, 0.15) is 42.6 Å². The SMILES string of the molecule is COC(=O)CCCC=Cc1nn(-c2ccc(F)cc2)c2c1CCC2. The van der Waals surface area contributed by atoms with Crippen molar-refractivity contribution in [1.29, 1.82) is 0 Å². The Morgan fingerprint density at radius 2 is 2.12 bits per heavy atom. The Bertz CT molecular complexity index is 747. The lowest BCUT2D eigenvalue weighted by Crippen LogP contribution is -2.01. The average molecular weight is 328 g/mol. The molecule has 5 heteroatoms. The number of unbranched alkanes of at least 4 members (excludes halogenated alkanes) is 1. The minimum atomic E-state index is -0.242. The van der Waals surface area contributed by atoms with Gasteiger partial charge in [0.15, 0.2) is 0 Å². The third-order valence-corrected chi connectivity index (χ3v) is 4.29. The Morgan fingerprint density at radius 1 is 1.33 bits per heavy atom. The number of rotatable bonds is 6. The van der Waals surface area contributed by atoms with Crippen LogP contribution in [-0.4, -0.2) is 22.9 Å². The first-order chi connectivity index (χ1) is 11.7. The molecular weight excluding hydrogens is 307 g/mol. The van der Waals surface area contributed by atoms with Gasteiger partial charge in [-0.2, -0.15) is 5.10 Å². The van der Waals surface area contributed by atoms with Gasteiger partial charge in [-0.15, -0.1) is 0 Å². The lowest BCUT2D eigenvalue weighted by molar-refractivity contribution is -0.140. The number of hydrogen-bond donors (Lipinski definition) is 0. The van der Waals surface area contributed by atoms with Gasteiger partial charge in [-0.3, -0.25) is 4.79 Å². The molecule has 0 unspecified atom stereocenters. The number of hydrogen-bond acceptors (Lipinski definition) is 3. The molecule has 0 bridgehead atoms. The van der Waals surface area contributed by atoms with E-state index in [0.717, 1.165) is 43.5 Å². The van der Waals surface area contributed by atoms with Crippen LogP contribution in [0.2, 0.25) is 0 Å². The Hall–Kier alpha value is -2.43. The summed E-state index contributed by atoms with van der Waals surface area (Å²) in [5.74, 6) is -0.418. The second kappa shape index (κ2) is 7.43. The van der Waals surface area contributed by atoms with Gasteiger partial charge in [0, 0.05) is 17.7 Å². The third kappa shape index (κ3) is 3.55. The van der Waals surface area contributed by atoms with Crippen LogP contribution in [0.15, 0.2) is 30.3 Å². The van der Waals surface area contributed by atoms with E-state index in [9.17, 15) is 9.18 Å². The topological polar surface area (TPSA) is 44.1 Å². The molecule has 0 fully saturated rings. The van der Waals surface area contributed by atoms with Gasteiger partial charge >= 0.3 is 5.97 Å². The predicted molar refractivity (Wildman–Crippen MR) is 90.4 cm³/mol. The van der Waals surface area contributed by atoms with E-state index in [4.69, 9.17) is 5.10 Å². The van der Waals surface area contributed by atoms with Crippen molar-refractivity contribution in [1.82, 2.24) is 9.78 Å². The maximum absolute atomic E-state index is 13.1. The molecule has 0 radical (unpaired) electrons. The molecule has 0 amide bonds. The summed E-state index contributed by atoms with van der Waals surface area (Å²) < 4.78 is 19.7. The highest BCUT2D eigenvalue weighted by atomic mass is 19.1. The van der Waals surface area contributed by atoms with E-state index in [0.29, 0.717) is 6.42 Å². The van der Waals surface area contributed by atoms with Crippen LogP contribution in [0.3, 0.4) is 0 Å². The third-order valence-electron chi connectivity index (χ3n) is 4.29. The van der Waals surface area contributed by atoms with E-state index in [1.165, 1.54) is 30.5 Å². The van der Waals surface area contributed by atoms with Gasteiger partial charge < -0.3 is 4.74 Å². The zero-order valence-corrected chi connectivity index (χ0v) is 13.8. The standard InChI is InChI=1S/C19H21FN2O2/c1-24-19(23)9-4-2-3-7-17-16-6-5-8-18(16)22(21-17)15-12-10-14(20)11-13-15/h3,7,10-13H,2,4-6,8-9H2,1H3. The number of esters is 1. The summed E-state index contributed by atoms with van der Waals surface area (Å²) in [6.07, 6.45) is 9.24. The van der Waals surface area contributed by atoms with E-state index < -0.39 is 0 Å². The Morgan fingerprint density at radius 3 is 2.88 bits per heavy atom. The minimum Gasteiger partial charge on any atom is -0.469 e. The molecule has 1 aromatic carbocycles. The highest BCUT2D eigenvalue weighted by Gasteiger charge is 2.21. The molecule has 1 aromatic heterocycles. The summed E-state index contributed by atoms with van der Waals surface area (Å²) in [5.41, 5.74) is 4.36. The van der Waals surface area contributed by atoms with Gasteiger partial charge in [-0.1, -0.05) is 6.08 Å². The number of fused-ring (bicyclic) bond motifs is 1. The zero-order chi connectivity index (χ0) is 16.9. The molecule has 24 heavy (non-hydrogen) atoms. The Balaban J connectivity index is 1.74. The number of halogens is 1. The van der Waals surface area contributed by atoms with Crippen LogP contribution in [0.5, 0.6) is 0 Å². The normalized spacial score (nSPS) is 13.4. The molecule has 0 spiro atoms. The monoisotopic (exact) mass is 328 g/mol. The fourth-order valence-corrected chi connectivity index (χ4v) is 3.06. The van der Waals surface area contributed by atoms with Crippen molar-refractivity contribution in [3.63, 3.8) is 0 Å². The van der Waals surface area contributed by atoms with E-state index in [-0.39, 0.29) is 11.8 Å². The van der Waals surface area contributed by atoms with E-state index in [1.54, 1.807) is 12.1 Å². The second-order valence-corrected chi connectivity index (χ2v) is 5.92. The van der Waals surface area contributed by atoms with Crippen LogP contribution in [-0.2, 0) is 22.4 Å². The molecule has 0 saturated heterocycles. The van der Waals surface area contributed by atoms with Crippen LogP contribution in [0, 0.1) is 5.82 Å². The van der Waals surface area contributed by atoms with E-state index in [2.05, 4.69) is 10.8 Å². The number of carbonyl (C=O) groups is 1. The molecule has 0 atom stereocenters. The predicted octanol–water partition coefficient (Wildman–Crippen LogP) is 3.86. The van der Waals surface area contributed by atoms with Crippen LogP contribution < -0.4 is 0 Å². The summed E-state index contributed by atoms with van der Waals surface area (Å²) in [6, 6.07) is 6.43. The van der Waals surface area contributed by atoms with Crippen molar-refractivity contribution in [3.05, 3.63) is 53.1 Å². The number of ether oxygens (including phenoxy) is 1. The largest absolute Gasteiger partial charge is 0.469 e. The molecule has 1 aliphatic rings. The smallest absolute Gasteiger partial charge is 0.305 e. The average Bonchev–Trinajstić information content (AvgIpc) is 3.18. The van der Waals surface area contributed by atoms with Gasteiger partial charge in [0.1, 0.15) is 5.82 Å².